The van der Waals surface area contributed by atoms with E-state index in [1.165, 1.54) is 38.5 Å². The van der Waals surface area contributed by atoms with Gasteiger partial charge in [0.05, 0.1) is 0 Å². The van der Waals surface area contributed by atoms with Crippen LogP contribution in [-0.2, 0) is 0 Å². The van der Waals surface area contributed by atoms with E-state index >= 15 is 0 Å². The number of aryl methyl sites for hydroxylation is 1. The van der Waals surface area contributed by atoms with Crippen molar-refractivity contribution in [2.45, 2.75) is 51.0 Å². The van der Waals surface area contributed by atoms with Crippen molar-refractivity contribution in [3.8, 4) is 0 Å². The molecule has 0 aliphatic heterocycles. The highest BCUT2D eigenvalue weighted by Gasteiger charge is 2.51. The summed E-state index contributed by atoms with van der Waals surface area (Å²) in [7, 11) is 0. The lowest BCUT2D eigenvalue weighted by molar-refractivity contribution is -0.0101. The standard InChI is InChI=1S/C19H23ClN2OS/c1-11-2-3-15(7-16(11)20)17(23)21-18(24)22-19-8-12-4-13(9-19)6-14(5-12)10-19/h2-3,7,12-14H,4-6,8-10H2,1H3,(H2,21,22,23,24). The molecule has 4 aliphatic rings. The van der Waals surface area contributed by atoms with Crippen molar-refractivity contribution in [2.24, 2.45) is 17.8 Å². The monoisotopic (exact) mass is 362 g/mol. The van der Waals surface area contributed by atoms with Crippen LogP contribution in [0.2, 0.25) is 5.02 Å². The lowest BCUT2D eigenvalue weighted by Gasteiger charge is -2.57. The van der Waals surface area contributed by atoms with Crippen molar-refractivity contribution in [3.63, 3.8) is 0 Å². The average Bonchev–Trinajstić information content (AvgIpc) is 2.47. The van der Waals surface area contributed by atoms with Crippen molar-refractivity contribution in [2.75, 3.05) is 0 Å². The maximum Gasteiger partial charge on any atom is 0.257 e. The van der Waals surface area contributed by atoms with Crippen molar-refractivity contribution in [1.82, 2.24) is 10.6 Å². The number of nitrogens with one attached hydrogen (secondary N) is 2. The largest absolute Gasteiger partial charge is 0.357 e. The molecule has 1 aromatic carbocycles. The number of benzene rings is 1. The molecule has 0 saturated heterocycles. The van der Waals surface area contributed by atoms with E-state index in [0.29, 0.717) is 15.7 Å². The second-order valence-corrected chi connectivity index (χ2v) is 8.89. The number of amides is 1. The molecule has 24 heavy (non-hydrogen) atoms. The molecule has 4 saturated carbocycles. The zero-order valence-corrected chi connectivity index (χ0v) is 15.5. The molecule has 0 atom stereocenters. The maximum atomic E-state index is 12.4. The van der Waals surface area contributed by atoms with Crippen LogP contribution < -0.4 is 10.6 Å². The number of thiocarbonyl (C=S) groups is 1. The fraction of sp³-hybridized carbons (Fsp3) is 0.579. The van der Waals surface area contributed by atoms with Crippen molar-refractivity contribution < 1.29 is 4.79 Å². The van der Waals surface area contributed by atoms with Crippen LogP contribution in [0, 0.1) is 24.7 Å². The Labute approximate surface area is 153 Å². The first kappa shape index (κ1) is 16.3. The lowest BCUT2D eigenvalue weighted by Crippen LogP contribution is -2.61. The smallest absolute Gasteiger partial charge is 0.257 e. The molecule has 4 fully saturated rings. The van der Waals surface area contributed by atoms with Gasteiger partial charge >= 0.3 is 0 Å². The lowest BCUT2D eigenvalue weighted by atomic mass is 9.53. The summed E-state index contributed by atoms with van der Waals surface area (Å²) in [5, 5.41) is 7.42. The molecule has 0 aromatic heterocycles. The minimum Gasteiger partial charge on any atom is -0.357 e. The summed E-state index contributed by atoms with van der Waals surface area (Å²) in [6.07, 6.45) is 7.77. The van der Waals surface area contributed by atoms with E-state index in [9.17, 15) is 4.79 Å². The fourth-order valence-corrected chi connectivity index (χ4v) is 5.93. The molecule has 1 aromatic rings. The van der Waals surface area contributed by atoms with Crippen LogP contribution in [0.4, 0.5) is 0 Å². The van der Waals surface area contributed by atoms with Crippen LogP contribution in [-0.4, -0.2) is 16.6 Å². The van der Waals surface area contributed by atoms with Crippen molar-refractivity contribution >= 4 is 34.8 Å². The number of rotatable bonds is 2. The van der Waals surface area contributed by atoms with Gasteiger partial charge in [0.25, 0.3) is 5.91 Å². The second kappa shape index (κ2) is 5.99. The summed E-state index contributed by atoms with van der Waals surface area (Å²) in [5.74, 6) is 2.34. The molecule has 3 nitrogen and oxygen atoms in total. The van der Waals surface area contributed by atoms with E-state index in [2.05, 4.69) is 10.6 Å². The van der Waals surface area contributed by atoms with Gasteiger partial charge in [-0.1, -0.05) is 17.7 Å². The van der Waals surface area contributed by atoms with Gasteiger partial charge in [-0.3, -0.25) is 10.1 Å². The SMILES string of the molecule is Cc1ccc(C(=O)NC(=S)NC23CC4CC(CC(C4)C2)C3)cc1Cl. The Kier molecular flexibility index (Phi) is 4.08. The average molecular weight is 363 g/mol. The molecule has 0 radical (unpaired) electrons. The summed E-state index contributed by atoms with van der Waals surface area (Å²) in [5.41, 5.74) is 1.62. The van der Waals surface area contributed by atoms with E-state index in [0.717, 1.165) is 23.3 Å². The molecule has 2 N–H and O–H groups in total. The topological polar surface area (TPSA) is 41.1 Å². The highest BCUT2D eigenvalue weighted by molar-refractivity contribution is 7.80. The highest BCUT2D eigenvalue weighted by atomic mass is 35.5. The van der Waals surface area contributed by atoms with E-state index in [4.69, 9.17) is 23.8 Å². The van der Waals surface area contributed by atoms with Crippen LogP contribution in [0.1, 0.15) is 54.4 Å². The molecular weight excluding hydrogens is 340 g/mol. The molecular formula is C19H23ClN2OS. The number of hydrogen-bond acceptors (Lipinski definition) is 2. The van der Waals surface area contributed by atoms with Crippen LogP contribution in [0.5, 0.6) is 0 Å². The van der Waals surface area contributed by atoms with E-state index in [1.54, 1.807) is 12.1 Å². The zero-order chi connectivity index (χ0) is 16.9. The Balaban J connectivity index is 1.41. The molecule has 5 heteroatoms. The van der Waals surface area contributed by atoms with Gasteiger partial charge in [0.15, 0.2) is 5.11 Å². The summed E-state index contributed by atoms with van der Waals surface area (Å²) in [6, 6.07) is 5.33. The van der Waals surface area contributed by atoms with Gasteiger partial charge in [-0.15, -0.1) is 0 Å². The zero-order valence-electron chi connectivity index (χ0n) is 13.9. The molecule has 0 heterocycles. The minimum atomic E-state index is -0.195. The highest BCUT2D eigenvalue weighted by Crippen LogP contribution is 2.55. The summed E-state index contributed by atoms with van der Waals surface area (Å²) in [6.45, 7) is 1.92. The Morgan fingerprint density at radius 3 is 2.29 bits per heavy atom. The van der Waals surface area contributed by atoms with E-state index < -0.39 is 0 Å². The van der Waals surface area contributed by atoms with Gasteiger partial charge < -0.3 is 5.32 Å². The van der Waals surface area contributed by atoms with Gasteiger partial charge in [-0.05, 0) is 93.1 Å². The number of halogens is 1. The third kappa shape index (κ3) is 3.06. The fourth-order valence-electron chi connectivity index (χ4n) is 5.45. The Bertz CT molecular complexity index is 667. The molecule has 128 valence electrons. The number of carbonyl (C=O) groups is 1. The van der Waals surface area contributed by atoms with Crippen LogP contribution in [0.15, 0.2) is 18.2 Å². The van der Waals surface area contributed by atoms with Crippen molar-refractivity contribution in [1.29, 1.82) is 0 Å². The van der Waals surface area contributed by atoms with E-state index in [-0.39, 0.29) is 11.4 Å². The first-order valence-corrected chi connectivity index (χ1v) is 9.61. The minimum absolute atomic E-state index is 0.115. The first-order chi connectivity index (χ1) is 11.4. The molecule has 1 amide bonds. The Hall–Kier alpha value is -1.13. The number of carbonyl (C=O) groups excluding carboxylic acids is 1. The molecule has 0 unspecified atom stereocenters. The van der Waals surface area contributed by atoms with Gasteiger partial charge in [-0.2, -0.15) is 0 Å². The third-order valence-electron chi connectivity index (χ3n) is 6.08. The molecule has 4 bridgehead atoms. The maximum absolute atomic E-state index is 12.4. The Morgan fingerprint density at radius 2 is 1.75 bits per heavy atom. The molecule has 4 aliphatic carbocycles. The predicted molar refractivity (Wildman–Crippen MR) is 100 cm³/mol. The van der Waals surface area contributed by atoms with Gasteiger partial charge in [0.2, 0.25) is 0 Å². The van der Waals surface area contributed by atoms with Crippen LogP contribution in [0.3, 0.4) is 0 Å². The molecule has 0 spiro atoms. The van der Waals surface area contributed by atoms with Gasteiger partial charge in [-0.25, -0.2) is 0 Å². The predicted octanol–water partition coefficient (Wildman–Crippen LogP) is 4.22. The van der Waals surface area contributed by atoms with Gasteiger partial charge in [0.1, 0.15) is 0 Å². The van der Waals surface area contributed by atoms with Crippen molar-refractivity contribution in [3.05, 3.63) is 34.3 Å². The number of hydrogen-bond donors (Lipinski definition) is 2. The first-order valence-electron chi connectivity index (χ1n) is 8.82. The summed E-state index contributed by atoms with van der Waals surface area (Å²) in [4.78, 5) is 12.4. The summed E-state index contributed by atoms with van der Waals surface area (Å²) >= 11 is 11.6. The Morgan fingerprint density at radius 1 is 1.17 bits per heavy atom. The molecule has 5 rings (SSSR count). The summed E-state index contributed by atoms with van der Waals surface area (Å²) < 4.78 is 0. The third-order valence-corrected chi connectivity index (χ3v) is 6.69. The quantitative estimate of drug-likeness (QED) is 0.774. The second-order valence-electron chi connectivity index (χ2n) is 8.07. The van der Waals surface area contributed by atoms with Crippen LogP contribution >= 0.6 is 23.8 Å². The van der Waals surface area contributed by atoms with E-state index in [1.807, 2.05) is 13.0 Å². The normalized spacial score (nSPS) is 33.3. The van der Waals surface area contributed by atoms with Gasteiger partial charge in [0, 0.05) is 16.1 Å². The van der Waals surface area contributed by atoms with Crippen LogP contribution in [0.25, 0.3) is 0 Å².